The standard InChI is InChI=1S/C14H22O4/c1-4-11(15)18-13(17-5-2)12(16)14(3)9-7-6-8-10-14/h4,13H,1,5-10H2,2-3H3. The van der Waals surface area contributed by atoms with Gasteiger partial charge in [0.25, 0.3) is 6.29 Å². The van der Waals surface area contributed by atoms with Crippen LogP contribution in [-0.4, -0.2) is 24.6 Å². The predicted octanol–water partition coefficient (Wildman–Crippen LogP) is 2.62. The van der Waals surface area contributed by atoms with Crippen LogP contribution in [0.5, 0.6) is 0 Å². The average molecular weight is 254 g/mol. The number of hydrogen-bond donors (Lipinski definition) is 0. The summed E-state index contributed by atoms with van der Waals surface area (Å²) in [5.41, 5.74) is -0.431. The van der Waals surface area contributed by atoms with E-state index in [-0.39, 0.29) is 5.78 Å². The SMILES string of the molecule is C=CC(=O)OC(OCC)C(=O)C1(C)CCCCC1. The molecule has 1 atom stereocenters. The molecule has 1 unspecified atom stereocenters. The highest BCUT2D eigenvalue weighted by molar-refractivity contribution is 5.91. The molecule has 0 radical (unpaired) electrons. The van der Waals surface area contributed by atoms with Crippen LogP contribution < -0.4 is 0 Å². The van der Waals surface area contributed by atoms with Gasteiger partial charge in [-0.3, -0.25) is 4.79 Å². The number of ether oxygens (including phenoxy) is 2. The van der Waals surface area contributed by atoms with Gasteiger partial charge >= 0.3 is 5.97 Å². The second-order valence-electron chi connectivity index (χ2n) is 4.91. The van der Waals surface area contributed by atoms with Crippen molar-refractivity contribution in [2.75, 3.05) is 6.61 Å². The van der Waals surface area contributed by atoms with Crippen molar-refractivity contribution in [3.05, 3.63) is 12.7 Å². The van der Waals surface area contributed by atoms with E-state index in [9.17, 15) is 9.59 Å². The quantitative estimate of drug-likeness (QED) is 0.415. The van der Waals surface area contributed by atoms with Crippen LogP contribution in [0.1, 0.15) is 46.0 Å². The Labute approximate surface area is 108 Å². The summed E-state index contributed by atoms with van der Waals surface area (Å²) in [6.45, 7) is 7.35. The summed E-state index contributed by atoms with van der Waals surface area (Å²) in [6, 6.07) is 0. The first kappa shape index (κ1) is 14.9. The minimum Gasteiger partial charge on any atom is -0.425 e. The van der Waals surface area contributed by atoms with E-state index in [0.29, 0.717) is 6.61 Å². The molecule has 1 saturated carbocycles. The van der Waals surface area contributed by atoms with Gasteiger partial charge in [0.15, 0.2) is 0 Å². The zero-order valence-corrected chi connectivity index (χ0v) is 11.2. The molecule has 0 saturated heterocycles. The third-order valence-corrected chi connectivity index (χ3v) is 3.47. The molecule has 0 aromatic rings. The highest BCUT2D eigenvalue weighted by Crippen LogP contribution is 2.38. The Morgan fingerprint density at radius 1 is 1.33 bits per heavy atom. The molecule has 0 bridgehead atoms. The fraction of sp³-hybridized carbons (Fsp3) is 0.714. The number of Topliss-reactive ketones (excluding diaryl/α,β-unsaturated/α-hetero) is 1. The maximum atomic E-state index is 12.4. The summed E-state index contributed by atoms with van der Waals surface area (Å²) in [7, 11) is 0. The first-order valence-electron chi connectivity index (χ1n) is 6.52. The van der Waals surface area contributed by atoms with Crippen LogP contribution >= 0.6 is 0 Å². The first-order valence-corrected chi connectivity index (χ1v) is 6.52. The Hall–Kier alpha value is -1.16. The largest absolute Gasteiger partial charge is 0.425 e. The van der Waals surface area contributed by atoms with Crippen molar-refractivity contribution in [2.45, 2.75) is 52.2 Å². The van der Waals surface area contributed by atoms with Gasteiger partial charge in [-0.15, -0.1) is 0 Å². The van der Waals surface area contributed by atoms with Crippen LogP contribution in [0.25, 0.3) is 0 Å². The van der Waals surface area contributed by atoms with E-state index >= 15 is 0 Å². The highest BCUT2D eigenvalue weighted by Gasteiger charge is 2.40. The molecule has 0 aromatic carbocycles. The topological polar surface area (TPSA) is 52.6 Å². The van der Waals surface area contributed by atoms with Crippen molar-refractivity contribution in [3.8, 4) is 0 Å². The van der Waals surface area contributed by atoms with Crippen molar-refractivity contribution in [1.29, 1.82) is 0 Å². The molecule has 0 N–H and O–H groups in total. The van der Waals surface area contributed by atoms with Crippen molar-refractivity contribution >= 4 is 11.8 Å². The molecule has 1 aliphatic carbocycles. The monoisotopic (exact) mass is 254 g/mol. The Morgan fingerprint density at radius 2 is 1.94 bits per heavy atom. The summed E-state index contributed by atoms with van der Waals surface area (Å²) in [6.07, 6.45) is 4.86. The van der Waals surface area contributed by atoms with Crippen molar-refractivity contribution in [3.63, 3.8) is 0 Å². The molecule has 0 aromatic heterocycles. The molecule has 18 heavy (non-hydrogen) atoms. The zero-order chi connectivity index (χ0) is 13.6. The van der Waals surface area contributed by atoms with Crippen molar-refractivity contribution in [2.24, 2.45) is 5.41 Å². The fourth-order valence-corrected chi connectivity index (χ4v) is 2.33. The number of hydrogen-bond acceptors (Lipinski definition) is 4. The molecule has 1 fully saturated rings. The lowest BCUT2D eigenvalue weighted by molar-refractivity contribution is -0.186. The van der Waals surface area contributed by atoms with Crippen LogP contribution in [-0.2, 0) is 19.1 Å². The van der Waals surface area contributed by atoms with Crippen molar-refractivity contribution in [1.82, 2.24) is 0 Å². The Bertz CT molecular complexity index is 316. The second kappa shape index (κ2) is 6.69. The van der Waals surface area contributed by atoms with Gasteiger partial charge in [0.1, 0.15) is 0 Å². The maximum Gasteiger partial charge on any atom is 0.332 e. The minimum atomic E-state index is -1.09. The molecular weight excluding hydrogens is 232 g/mol. The first-order chi connectivity index (χ1) is 8.53. The Morgan fingerprint density at radius 3 is 2.44 bits per heavy atom. The molecule has 0 spiro atoms. The van der Waals surface area contributed by atoms with Gasteiger partial charge in [0.2, 0.25) is 5.78 Å². The summed E-state index contributed by atoms with van der Waals surface area (Å²) in [4.78, 5) is 23.6. The van der Waals surface area contributed by atoms with Gasteiger partial charge in [-0.1, -0.05) is 32.8 Å². The van der Waals surface area contributed by atoms with Gasteiger partial charge in [-0.05, 0) is 19.8 Å². The van der Waals surface area contributed by atoms with Gasteiger partial charge in [-0.25, -0.2) is 4.79 Å². The van der Waals surface area contributed by atoms with E-state index in [1.807, 2.05) is 6.92 Å². The molecule has 4 nitrogen and oxygen atoms in total. The van der Waals surface area contributed by atoms with E-state index in [1.54, 1.807) is 6.92 Å². The molecule has 0 amide bonds. The van der Waals surface area contributed by atoms with E-state index in [2.05, 4.69) is 6.58 Å². The lowest BCUT2D eigenvalue weighted by Crippen LogP contribution is -2.42. The predicted molar refractivity (Wildman–Crippen MR) is 67.9 cm³/mol. The number of carbonyl (C=O) groups excluding carboxylic acids is 2. The Kier molecular flexibility index (Phi) is 5.54. The smallest absolute Gasteiger partial charge is 0.332 e. The lowest BCUT2D eigenvalue weighted by atomic mass is 9.72. The van der Waals surface area contributed by atoms with Crippen molar-refractivity contribution < 1.29 is 19.1 Å². The molecular formula is C14H22O4. The summed E-state index contributed by atoms with van der Waals surface area (Å²) in [5, 5.41) is 0. The van der Waals surface area contributed by atoms with E-state index in [4.69, 9.17) is 9.47 Å². The van der Waals surface area contributed by atoms with Crippen LogP contribution in [0.4, 0.5) is 0 Å². The molecule has 1 aliphatic rings. The van der Waals surface area contributed by atoms with E-state index < -0.39 is 17.7 Å². The summed E-state index contributed by atoms with van der Waals surface area (Å²) >= 11 is 0. The summed E-state index contributed by atoms with van der Waals surface area (Å²) in [5.74, 6) is -0.750. The van der Waals surface area contributed by atoms with E-state index in [0.717, 1.165) is 38.2 Å². The third kappa shape index (κ3) is 3.67. The fourth-order valence-electron chi connectivity index (χ4n) is 2.33. The minimum absolute atomic E-state index is 0.126. The molecule has 1 rings (SSSR count). The summed E-state index contributed by atoms with van der Waals surface area (Å²) < 4.78 is 10.2. The van der Waals surface area contributed by atoms with Gasteiger partial charge < -0.3 is 9.47 Å². The van der Waals surface area contributed by atoms with E-state index in [1.165, 1.54) is 0 Å². The number of carbonyl (C=O) groups is 2. The molecule has 0 aliphatic heterocycles. The van der Waals surface area contributed by atoms with Gasteiger partial charge in [0, 0.05) is 18.1 Å². The molecule has 102 valence electrons. The van der Waals surface area contributed by atoms with Crippen LogP contribution in [0.15, 0.2) is 12.7 Å². The molecule has 0 heterocycles. The highest BCUT2D eigenvalue weighted by atomic mass is 16.7. The Balaban J connectivity index is 2.74. The number of ketones is 1. The molecule has 4 heteroatoms. The zero-order valence-electron chi connectivity index (χ0n) is 11.2. The lowest BCUT2D eigenvalue weighted by Gasteiger charge is -2.34. The average Bonchev–Trinajstić information content (AvgIpc) is 2.38. The number of esters is 1. The van der Waals surface area contributed by atoms with Gasteiger partial charge in [-0.2, -0.15) is 0 Å². The van der Waals surface area contributed by atoms with Gasteiger partial charge in [0.05, 0.1) is 0 Å². The van der Waals surface area contributed by atoms with Crippen LogP contribution in [0.2, 0.25) is 0 Å². The number of rotatable bonds is 6. The van der Waals surface area contributed by atoms with Crippen LogP contribution in [0.3, 0.4) is 0 Å². The third-order valence-electron chi connectivity index (χ3n) is 3.47. The second-order valence-corrected chi connectivity index (χ2v) is 4.91. The van der Waals surface area contributed by atoms with Crippen LogP contribution in [0, 0.1) is 5.41 Å². The normalized spacial score (nSPS) is 19.9. The maximum absolute atomic E-state index is 12.4.